The summed E-state index contributed by atoms with van der Waals surface area (Å²) in [5, 5.41) is 0. The summed E-state index contributed by atoms with van der Waals surface area (Å²) in [7, 11) is 0. The lowest BCUT2D eigenvalue weighted by Gasteiger charge is -2.27. The third-order valence-electron chi connectivity index (χ3n) is 4.66. The lowest BCUT2D eigenvalue weighted by Crippen LogP contribution is -2.22. The van der Waals surface area contributed by atoms with Crippen molar-refractivity contribution in [1.82, 2.24) is 0 Å². The van der Waals surface area contributed by atoms with Crippen LogP contribution in [0, 0.1) is 0 Å². The summed E-state index contributed by atoms with van der Waals surface area (Å²) < 4.78 is 0. The minimum Gasteiger partial charge on any atom is -0.273 e. The van der Waals surface area contributed by atoms with Gasteiger partial charge in [-0.2, -0.15) is 0 Å². The highest BCUT2D eigenvalue weighted by molar-refractivity contribution is 6.02. The van der Waals surface area contributed by atoms with Crippen LogP contribution in [0.2, 0.25) is 0 Å². The maximum absolute atomic E-state index is 5.25. The standard InChI is InChI=1S/C22H19N/c1-4-10-18(11-5-1)21-16-17-22(23-21,19-12-6-2-7-13-19)20-14-8-3-9-15-20/h1-15H,16-17H2. The van der Waals surface area contributed by atoms with Crippen LogP contribution in [0.4, 0.5) is 0 Å². The molecule has 112 valence electrons. The Morgan fingerprint density at radius 2 is 1.09 bits per heavy atom. The van der Waals surface area contributed by atoms with E-state index in [0.29, 0.717) is 0 Å². The Kier molecular flexibility index (Phi) is 3.55. The molecule has 0 fully saturated rings. The zero-order chi connectivity index (χ0) is 15.5. The summed E-state index contributed by atoms with van der Waals surface area (Å²) in [6, 6.07) is 31.9. The molecule has 0 saturated carbocycles. The topological polar surface area (TPSA) is 12.4 Å². The van der Waals surface area contributed by atoms with Gasteiger partial charge >= 0.3 is 0 Å². The van der Waals surface area contributed by atoms with Gasteiger partial charge in [-0.15, -0.1) is 0 Å². The van der Waals surface area contributed by atoms with Crippen molar-refractivity contribution in [3.63, 3.8) is 0 Å². The van der Waals surface area contributed by atoms with E-state index < -0.39 is 0 Å². The van der Waals surface area contributed by atoms with Gasteiger partial charge in [-0.25, -0.2) is 0 Å². The maximum atomic E-state index is 5.25. The van der Waals surface area contributed by atoms with Crippen LogP contribution in [0.25, 0.3) is 0 Å². The normalized spacial score (nSPS) is 16.1. The van der Waals surface area contributed by atoms with Crippen molar-refractivity contribution < 1.29 is 0 Å². The van der Waals surface area contributed by atoms with Crippen LogP contribution >= 0.6 is 0 Å². The number of hydrogen-bond acceptors (Lipinski definition) is 1. The minimum absolute atomic E-state index is 0.256. The quantitative estimate of drug-likeness (QED) is 0.629. The predicted molar refractivity (Wildman–Crippen MR) is 95.9 cm³/mol. The summed E-state index contributed by atoms with van der Waals surface area (Å²) in [5.74, 6) is 0. The number of nitrogens with zero attached hydrogens (tertiary/aromatic N) is 1. The molecule has 0 saturated heterocycles. The van der Waals surface area contributed by atoms with E-state index in [4.69, 9.17) is 4.99 Å². The predicted octanol–water partition coefficient (Wildman–Crippen LogP) is 5.21. The molecule has 3 aromatic rings. The number of rotatable bonds is 3. The lowest BCUT2D eigenvalue weighted by atomic mass is 9.81. The average Bonchev–Trinajstić information content (AvgIpc) is 3.11. The van der Waals surface area contributed by atoms with Crippen LogP contribution in [-0.4, -0.2) is 5.71 Å². The first kappa shape index (κ1) is 14.0. The molecule has 0 spiro atoms. The van der Waals surface area contributed by atoms with E-state index in [1.807, 2.05) is 0 Å². The van der Waals surface area contributed by atoms with Crippen LogP contribution < -0.4 is 0 Å². The second-order valence-electron chi connectivity index (χ2n) is 6.02. The Balaban J connectivity index is 1.87. The average molecular weight is 297 g/mol. The van der Waals surface area contributed by atoms with E-state index in [1.165, 1.54) is 22.4 Å². The van der Waals surface area contributed by atoms with E-state index in [2.05, 4.69) is 91.0 Å². The van der Waals surface area contributed by atoms with Crippen molar-refractivity contribution in [2.24, 2.45) is 4.99 Å². The summed E-state index contributed by atoms with van der Waals surface area (Å²) in [6.45, 7) is 0. The van der Waals surface area contributed by atoms with Gasteiger partial charge in [-0.1, -0.05) is 91.0 Å². The molecule has 0 amide bonds. The van der Waals surface area contributed by atoms with Crippen molar-refractivity contribution in [2.75, 3.05) is 0 Å². The van der Waals surface area contributed by atoms with Gasteiger partial charge in [0.25, 0.3) is 0 Å². The molecule has 3 aromatic carbocycles. The second-order valence-corrected chi connectivity index (χ2v) is 6.02. The summed E-state index contributed by atoms with van der Waals surface area (Å²) >= 11 is 0. The Labute approximate surface area is 137 Å². The van der Waals surface area contributed by atoms with Crippen molar-refractivity contribution in [3.8, 4) is 0 Å². The van der Waals surface area contributed by atoms with Crippen molar-refractivity contribution in [1.29, 1.82) is 0 Å². The van der Waals surface area contributed by atoms with Gasteiger partial charge < -0.3 is 0 Å². The third kappa shape index (κ3) is 2.49. The number of benzene rings is 3. The first-order valence-corrected chi connectivity index (χ1v) is 8.14. The molecule has 0 atom stereocenters. The van der Waals surface area contributed by atoms with Crippen LogP contribution in [0.5, 0.6) is 0 Å². The molecule has 0 bridgehead atoms. The fourth-order valence-corrected chi connectivity index (χ4v) is 3.49. The maximum Gasteiger partial charge on any atom is 0.111 e. The SMILES string of the molecule is c1ccc(C2=NC(c3ccccc3)(c3ccccc3)CC2)cc1. The smallest absolute Gasteiger partial charge is 0.111 e. The Hall–Kier alpha value is -2.67. The summed E-state index contributed by atoms with van der Waals surface area (Å²) in [4.78, 5) is 5.25. The van der Waals surface area contributed by atoms with Crippen LogP contribution in [0.15, 0.2) is 96.0 Å². The summed E-state index contributed by atoms with van der Waals surface area (Å²) in [6.07, 6.45) is 2.03. The lowest BCUT2D eigenvalue weighted by molar-refractivity contribution is 0.541. The molecule has 1 nitrogen and oxygen atoms in total. The van der Waals surface area contributed by atoms with Gasteiger partial charge in [0.05, 0.1) is 0 Å². The molecule has 1 heteroatoms. The molecular weight excluding hydrogens is 278 g/mol. The van der Waals surface area contributed by atoms with E-state index >= 15 is 0 Å². The van der Waals surface area contributed by atoms with Crippen molar-refractivity contribution in [3.05, 3.63) is 108 Å². The summed E-state index contributed by atoms with van der Waals surface area (Å²) in [5.41, 5.74) is 4.74. The van der Waals surface area contributed by atoms with Gasteiger partial charge in [0.1, 0.15) is 5.54 Å². The fourth-order valence-electron chi connectivity index (χ4n) is 3.49. The van der Waals surface area contributed by atoms with Gasteiger partial charge in [0.2, 0.25) is 0 Å². The van der Waals surface area contributed by atoms with Crippen molar-refractivity contribution >= 4 is 5.71 Å². The highest BCUT2D eigenvalue weighted by Gasteiger charge is 2.38. The molecule has 0 aliphatic carbocycles. The first-order chi connectivity index (χ1) is 11.4. The minimum atomic E-state index is -0.256. The van der Waals surface area contributed by atoms with E-state index in [-0.39, 0.29) is 5.54 Å². The Morgan fingerprint density at radius 3 is 1.61 bits per heavy atom. The number of hydrogen-bond donors (Lipinski definition) is 0. The van der Waals surface area contributed by atoms with Gasteiger partial charge in [-0.3, -0.25) is 4.99 Å². The monoisotopic (exact) mass is 297 g/mol. The largest absolute Gasteiger partial charge is 0.273 e. The number of aliphatic imine (C=N–C) groups is 1. The van der Waals surface area contributed by atoms with Crippen molar-refractivity contribution in [2.45, 2.75) is 18.4 Å². The molecule has 0 N–H and O–H groups in total. The van der Waals surface area contributed by atoms with Gasteiger partial charge in [0, 0.05) is 5.71 Å². The second kappa shape index (κ2) is 5.85. The third-order valence-corrected chi connectivity index (χ3v) is 4.66. The van der Waals surface area contributed by atoms with E-state index in [1.54, 1.807) is 0 Å². The van der Waals surface area contributed by atoms with Gasteiger partial charge in [-0.05, 0) is 29.5 Å². The van der Waals surface area contributed by atoms with Gasteiger partial charge in [0.15, 0.2) is 0 Å². The molecule has 4 rings (SSSR count). The highest BCUT2D eigenvalue weighted by atomic mass is 14.9. The first-order valence-electron chi connectivity index (χ1n) is 8.14. The van der Waals surface area contributed by atoms with Crippen LogP contribution in [-0.2, 0) is 5.54 Å². The molecule has 23 heavy (non-hydrogen) atoms. The molecule has 0 aromatic heterocycles. The zero-order valence-electron chi connectivity index (χ0n) is 13.0. The molecule has 0 unspecified atom stereocenters. The molecule has 0 radical (unpaired) electrons. The Morgan fingerprint density at radius 1 is 0.609 bits per heavy atom. The fraction of sp³-hybridized carbons (Fsp3) is 0.136. The van der Waals surface area contributed by atoms with E-state index in [0.717, 1.165) is 12.8 Å². The van der Waals surface area contributed by atoms with Crippen LogP contribution in [0.3, 0.4) is 0 Å². The Bertz CT molecular complexity index is 765. The molecule has 1 heterocycles. The molecular formula is C22H19N. The molecule has 1 aliphatic rings. The van der Waals surface area contributed by atoms with Crippen LogP contribution in [0.1, 0.15) is 29.5 Å². The molecule has 1 aliphatic heterocycles. The zero-order valence-corrected chi connectivity index (χ0v) is 13.0. The highest BCUT2D eigenvalue weighted by Crippen LogP contribution is 2.43. The van der Waals surface area contributed by atoms with E-state index in [9.17, 15) is 0 Å².